The lowest BCUT2D eigenvalue weighted by atomic mass is 10.2. The van der Waals surface area contributed by atoms with Gasteiger partial charge in [0.1, 0.15) is 5.76 Å². The molecule has 3 rings (SSSR count). The summed E-state index contributed by atoms with van der Waals surface area (Å²) >= 11 is 7.29. The Balaban J connectivity index is 1.63. The van der Waals surface area contributed by atoms with Gasteiger partial charge in [0.2, 0.25) is 11.8 Å². The van der Waals surface area contributed by atoms with Gasteiger partial charge in [-0.2, -0.15) is 0 Å². The van der Waals surface area contributed by atoms with E-state index in [1.165, 1.54) is 11.8 Å². The number of amides is 2. The van der Waals surface area contributed by atoms with E-state index in [-0.39, 0.29) is 24.3 Å². The zero-order valence-electron chi connectivity index (χ0n) is 12.3. The fourth-order valence-corrected chi connectivity index (χ4v) is 3.60. The molecule has 2 aromatic rings. The van der Waals surface area contributed by atoms with Crippen LogP contribution in [0.4, 0.5) is 5.69 Å². The predicted octanol–water partition coefficient (Wildman–Crippen LogP) is 3.61. The van der Waals surface area contributed by atoms with E-state index in [1.807, 2.05) is 13.0 Å². The number of benzene rings is 1. The number of anilines is 1. The van der Waals surface area contributed by atoms with Crippen molar-refractivity contribution in [1.82, 2.24) is 5.32 Å². The number of nitrogens with one attached hydrogen (secondary N) is 2. The van der Waals surface area contributed by atoms with Gasteiger partial charge in [-0.3, -0.25) is 9.59 Å². The molecule has 120 valence electrons. The molecule has 7 heteroatoms. The molecule has 0 saturated heterocycles. The van der Waals surface area contributed by atoms with Crippen molar-refractivity contribution >= 4 is 40.9 Å². The van der Waals surface area contributed by atoms with Crippen molar-refractivity contribution in [3.63, 3.8) is 0 Å². The van der Waals surface area contributed by atoms with E-state index in [9.17, 15) is 9.59 Å². The molecule has 1 aliphatic heterocycles. The summed E-state index contributed by atoms with van der Waals surface area (Å²) in [5, 5.41) is 5.73. The second-order valence-corrected chi connectivity index (χ2v) is 6.93. The Morgan fingerprint density at radius 2 is 2.30 bits per heavy atom. The number of carbonyl (C=O) groups is 2. The average molecular weight is 351 g/mol. The van der Waals surface area contributed by atoms with E-state index >= 15 is 0 Å². The summed E-state index contributed by atoms with van der Waals surface area (Å²) in [7, 11) is 0. The van der Waals surface area contributed by atoms with Crippen LogP contribution in [0.1, 0.15) is 25.1 Å². The lowest BCUT2D eigenvalue weighted by Gasteiger charge is -2.24. The first kappa shape index (κ1) is 16.0. The van der Waals surface area contributed by atoms with Crippen LogP contribution in [0.5, 0.6) is 0 Å². The monoisotopic (exact) mass is 350 g/mol. The van der Waals surface area contributed by atoms with Crippen LogP contribution < -0.4 is 10.6 Å². The predicted molar refractivity (Wildman–Crippen MR) is 89.6 cm³/mol. The number of halogens is 1. The van der Waals surface area contributed by atoms with Gasteiger partial charge in [0.05, 0.1) is 23.2 Å². The third kappa shape index (κ3) is 3.71. The molecule has 0 bridgehead atoms. The maximum atomic E-state index is 12.2. The van der Waals surface area contributed by atoms with Crippen LogP contribution in [0.15, 0.2) is 45.9 Å². The Hall–Kier alpha value is -1.92. The number of fused-ring (bicyclic) bond motifs is 1. The Bertz CT molecular complexity index is 733. The molecule has 0 unspecified atom stereocenters. The highest BCUT2D eigenvalue weighted by Crippen LogP contribution is 2.38. The molecule has 0 spiro atoms. The van der Waals surface area contributed by atoms with Gasteiger partial charge in [0.25, 0.3) is 0 Å². The van der Waals surface area contributed by atoms with Crippen molar-refractivity contribution in [2.45, 2.75) is 29.5 Å². The van der Waals surface area contributed by atoms with E-state index in [2.05, 4.69) is 10.6 Å². The highest BCUT2D eigenvalue weighted by Gasteiger charge is 2.29. The van der Waals surface area contributed by atoms with Crippen LogP contribution in [-0.4, -0.2) is 17.1 Å². The van der Waals surface area contributed by atoms with Gasteiger partial charge in [-0.05, 0) is 37.3 Å². The molecule has 2 heterocycles. The molecular formula is C16H15ClN2O3S. The minimum Gasteiger partial charge on any atom is -0.467 e. The van der Waals surface area contributed by atoms with Crippen molar-refractivity contribution in [3.05, 3.63) is 47.4 Å². The quantitative estimate of drug-likeness (QED) is 0.883. The summed E-state index contributed by atoms with van der Waals surface area (Å²) < 4.78 is 5.25. The van der Waals surface area contributed by atoms with Gasteiger partial charge in [-0.25, -0.2) is 0 Å². The Morgan fingerprint density at radius 3 is 3.04 bits per heavy atom. The Morgan fingerprint density at radius 1 is 1.48 bits per heavy atom. The van der Waals surface area contributed by atoms with Crippen LogP contribution in [0.3, 0.4) is 0 Å². The molecule has 2 N–H and O–H groups in total. The van der Waals surface area contributed by atoms with E-state index in [4.69, 9.17) is 16.0 Å². The minimum absolute atomic E-state index is 0.101. The van der Waals surface area contributed by atoms with Gasteiger partial charge in [0, 0.05) is 16.3 Å². The lowest BCUT2D eigenvalue weighted by Crippen LogP contribution is -2.35. The van der Waals surface area contributed by atoms with E-state index < -0.39 is 5.25 Å². The maximum absolute atomic E-state index is 12.2. The smallest absolute Gasteiger partial charge is 0.238 e. The molecule has 1 aromatic heterocycles. The lowest BCUT2D eigenvalue weighted by molar-refractivity contribution is -0.124. The number of thioether (sulfide) groups is 1. The summed E-state index contributed by atoms with van der Waals surface area (Å²) in [6, 6.07) is 8.65. The van der Waals surface area contributed by atoms with Crippen molar-refractivity contribution in [2.75, 3.05) is 5.32 Å². The summed E-state index contributed by atoms with van der Waals surface area (Å²) in [4.78, 5) is 25.2. The van der Waals surface area contributed by atoms with Crippen LogP contribution in [0.25, 0.3) is 0 Å². The number of carbonyl (C=O) groups excluding carboxylic acids is 2. The number of furan rings is 1. The Kier molecular flexibility index (Phi) is 4.63. The topological polar surface area (TPSA) is 71.3 Å². The SMILES string of the molecule is C[C@@H](NC(=O)C[C@@H]1Sc2ccc(Cl)cc2NC1=O)c1ccco1. The van der Waals surface area contributed by atoms with E-state index in [0.29, 0.717) is 16.5 Å². The molecule has 0 saturated carbocycles. The highest BCUT2D eigenvalue weighted by atomic mass is 35.5. The van der Waals surface area contributed by atoms with Crippen molar-refractivity contribution in [2.24, 2.45) is 0 Å². The molecule has 2 amide bonds. The van der Waals surface area contributed by atoms with Gasteiger partial charge in [0.15, 0.2) is 0 Å². The van der Waals surface area contributed by atoms with Gasteiger partial charge < -0.3 is 15.1 Å². The normalized spacial score (nSPS) is 18.0. The van der Waals surface area contributed by atoms with Crippen molar-refractivity contribution < 1.29 is 14.0 Å². The molecule has 2 atom stereocenters. The first-order valence-electron chi connectivity index (χ1n) is 7.13. The van der Waals surface area contributed by atoms with Crippen molar-refractivity contribution in [1.29, 1.82) is 0 Å². The maximum Gasteiger partial charge on any atom is 0.238 e. The number of hydrogen-bond acceptors (Lipinski definition) is 4. The molecule has 5 nitrogen and oxygen atoms in total. The second kappa shape index (κ2) is 6.68. The standard InChI is InChI=1S/C16H15ClN2O3S/c1-9(12-3-2-6-22-12)18-15(20)8-14-16(21)19-11-7-10(17)4-5-13(11)23-14/h2-7,9,14H,8H2,1H3,(H,18,20)(H,19,21)/t9-,14+/m1/s1. The van der Waals surface area contributed by atoms with Crippen molar-refractivity contribution in [3.8, 4) is 0 Å². The van der Waals surface area contributed by atoms with Crippen LogP contribution in [0.2, 0.25) is 5.02 Å². The molecule has 1 aromatic carbocycles. The molecule has 23 heavy (non-hydrogen) atoms. The van der Waals surface area contributed by atoms with E-state index in [0.717, 1.165) is 4.90 Å². The summed E-state index contributed by atoms with van der Waals surface area (Å²) in [5.41, 5.74) is 0.688. The molecule has 0 radical (unpaired) electrons. The Labute approximate surface area is 142 Å². The van der Waals surface area contributed by atoms with Gasteiger partial charge in [-0.15, -0.1) is 11.8 Å². The van der Waals surface area contributed by atoms with Crippen LogP contribution in [-0.2, 0) is 9.59 Å². The zero-order chi connectivity index (χ0) is 16.4. The minimum atomic E-state index is -0.465. The van der Waals surface area contributed by atoms with Crippen LogP contribution >= 0.6 is 23.4 Å². The summed E-state index contributed by atoms with van der Waals surface area (Å²) in [6.45, 7) is 1.84. The molecular weight excluding hydrogens is 336 g/mol. The second-order valence-electron chi connectivity index (χ2n) is 5.24. The number of hydrogen-bond donors (Lipinski definition) is 2. The fourth-order valence-electron chi connectivity index (χ4n) is 2.33. The highest BCUT2D eigenvalue weighted by molar-refractivity contribution is 8.01. The first-order chi connectivity index (χ1) is 11.0. The zero-order valence-corrected chi connectivity index (χ0v) is 13.9. The van der Waals surface area contributed by atoms with Gasteiger partial charge >= 0.3 is 0 Å². The molecule has 1 aliphatic rings. The summed E-state index contributed by atoms with van der Waals surface area (Å²) in [5.74, 6) is 0.295. The average Bonchev–Trinajstić information content (AvgIpc) is 3.02. The molecule has 0 fully saturated rings. The van der Waals surface area contributed by atoms with E-state index in [1.54, 1.807) is 30.5 Å². The third-order valence-electron chi connectivity index (χ3n) is 3.48. The summed E-state index contributed by atoms with van der Waals surface area (Å²) in [6.07, 6.45) is 1.66. The molecule has 0 aliphatic carbocycles. The fraction of sp³-hybridized carbons (Fsp3) is 0.250. The van der Waals surface area contributed by atoms with Crippen LogP contribution in [0, 0.1) is 0 Å². The first-order valence-corrected chi connectivity index (χ1v) is 8.38. The third-order valence-corrected chi connectivity index (χ3v) is 4.99. The largest absolute Gasteiger partial charge is 0.467 e. The number of rotatable bonds is 4. The van der Waals surface area contributed by atoms with Gasteiger partial charge in [-0.1, -0.05) is 11.6 Å².